The lowest BCUT2D eigenvalue weighted by atomic mass is 9.93. The van der Waals surface area contributed by atoms with Crippen molar-refractivity contribution in [3.63, 3.8) is 0 Å². The molecule has 2 atom stereocenters. The molecule has 2 aromatic rings. The molecule has 0 saturated carbocycles. The molecule has 2 amide bonds. The lowest BCUT2D eigenvalue weighted by Crippen LogP contribution is -2.54. The minimum absolute atomic E-state index is 0.0395. The molecule has 2 unspecified atom stereocenters. The van der Waals surface area contributed by atoms with Gasteiger partial charge in [-0.3, -0.25) is 19.7 Å². The number of nitrogens with one attached hydrogen (secondary N) is 1. The Kier molecular flexibility index (Phi) is 5.58. The van der Waals surface area contributed by atoms with E-state index in [1.54, 1.807) is 0 Å². The molecule has 2 aromatic carbocycles. The van der Waals surface area contributed by atoms with Gasteiger partial charge in [0.25, 0.3) is 11.6 Å². The maximum atomic E-state index is 12.9. The van der Waals surface area contributed by atoms with E-state index in [0.29, 0.717) is 0 Å². The van der Waals surface area contributed by atoms with Crippen molar-refractivity contribution in [2.45, 2.75) is 32.0 Å². The van der Waals surface area contributed by atoms with E-state index >= 15 is 0 Å². The fourth-order valence-electron chi connectivity index (χ4n) is 3.33. The molecular formula is C20H19N3O6. The lowest BCUT2D eigenvalue weighted by molar-refractivity contribution is -0.384. The van der Waals surface area contributed by atoms with Crippen molar-refractivity contribution in [2.75, 3.05) is 0 Å². The second kappa shape index (κ2) is 8.09. The Bertz CT molecular complexity index is 990. The predicted octanol–water partition coefficient (Wildman–Crippen LogP) is 1.75. The SMILES string of the molecule is CC(NC(=O)c1cccc([N+](=O)[O-])c1)C(=O)N1Cc2ccccc2CC1C(=O)O. The summed E-state index contributed by atoms with van der Waals surface area (Å²) in [5.74, 6) is -2.31. The fraction of sp³-hybridized carbons (Fsp3) is 0.250. The number of aliphatic carboxylic acids is 1. The molecule has 3 rings (SSSR count). The molecule has 1 aliphatic heterocycles. The van der Waals surface area contributed by atoms with Crippen LogP contribution in [0, 0.1) is 10.1 Å². The Morgan fingerprint density at radius 1 is 1.17 bits per heavy atom. The van der Waals surface area contributed by atoms with Crippen LogP contribution in [0.4, 0.5) is 5.69 Å². The molecule has 0 radical (unpaired) electrons. The summed E-state index contributed by atoms with van der Waals surface area (Å²) >= 11 is 0. The number of carboxylic acids is 1. The Labute approximate surface area is 166 Å². The van der Waals surface area contributed by atoms with Crippen molar-refractivity contribution in [3.8, 4) is 0 Å². The number of nitro benzene ring substituents is 1. The van der Waals surface area contributed by atoms with E-state index in [0.717, 1.165) is 17.2 Å². The first-order valence-electron chi connectivity index (χ1n) is 8.93. The molecule has 1 aliphatic rings. The first-order chi connectivity index (χ1) is 13.8. The Morgan fingerprint density at radius 3 is 2.52 bits per heavy atom. The molecule has 9 nitrogen and oxygen atoms in total. The standard InChI is InChI=1S/C20H19N3O6/c1-12(21-18(24)14-7-4-8-16(9-14)23(28)29)19(25)22-11-15-6-3-2-5-13(15)10-17(22)20(26)27/h2-9,12,17H,10-11H2,1H3,(H,21,24)(H,26,27). The van der Waals surface area contributed by atoms with E-state index < -0.39 is 34.8 Å². The van der Waals surface area contributed by atoms with E-state index in [2.05, 4.69) is 5.32 Å². The zero-order valence-electron chi connectivity index (χ0n) is 15.6. The van der Waals surface area contributed by atoms with E-state index in [-0.39, 0.29) is 24.2 Å². The van der Waals surface area contributed by atoms with Gasteiger partial charge >= 0.3 is 5.97 Å². The highest BCUT2D eigenvalue weighted by atomic mass is 16.6. The van der Waals surface area contributed by atoms with Gasteiger partial charge in [-0.15, -0.1) is 0 Å². The van der Waals surface area contributed by atoms with Gasteiger partial charge in [-0.25, -0.2) is 4.79 Å². The summed E-state index contributed by atoms with van der Waals surface area (Å²) in [5.41, 5.74) is 1.53. The number of hydrogen-bond acceptors (Lipinski definition) is 5. The normalized spacial score (nSPS) is 16.4. The van der Waals surface area contributed by atoms with Gasteiger partial charge in [-0.2, -0.15) is 0 Å². The summed E-state index contributed by atoms with van der Waals surface area (Å²) in [6, 6.07) is 10.4. The van der Waals surface area contributed by atoms with Crippen LogP contribution in [0.2, 0.25) is 0 Å². The largest absolute Gasteiger partial charge is 0.480 e. The molecule has 0 aliphatic carbocycles. The number of nitro groups is 1. The first kappa shape index (κ1) is 20.0. The highest BCUT2D eigenvalue weighted by Crippen LogP contribution is 2.24. The predicted molar refractivity (Wildman–Crippen MR) is 102 cm³/mol. The number of fused-ring (bicyclic) bond motifs is 1. The van der Waals surface area contributed by atoms with Crippen molar-refractivity contribution >= 4 is 23.5 Å². The Hall–Kier alpha value is -3.75. The van der Waals surface area contributed by atoms with Crippen LogP contribution in [-0.2, 0) is 22.6 Å². The molecule has 0 saturated heterocycles. The van der Waals surface area contributed by atoms with E-state index in [4.69, 9.17) is 0 Å². The molecular weight excluding hydrogens is 378 g/mol. The van der Waals surface area contributed by atoms with Gasteiger partial charge in [0.2, 0.25) is 5.91 Å². The number of rotatable bonds is 5. The van der Waals surface area contributed by atoms with Crippen LogP contribution in [0.25, 0.3) is 0 Å². The van der Waals surface area contributed by atoms with Crippen LogP contribution in [0.1, 0.15) is 28.4 Å². The fourth-order valence-corrected chi connectivity index (χ4v) is 3.33. The number of hydrogen-bond donors (Lipinski definition) is 2. The van der Waals surface area contributed by atoms with Crippen LogP contribution < -0.4 is 5.32 Å². The van der Waals surface area contributed by atoms with E-state index in [9.17, 15) is 29.6 Å². The number of nitrogens with zero attached hydrogens (tertiary/aromatic N) is 2. The van der Waals surface area contributed by atoms with Gasteiger partial charge in [0.15, 0.2) is 0 Å². The summed E-state index contributed by atoms with van der Waals surface area (Å²) in [5, 5.41) is 22.9. The van der Waals surface area contributed by atoms with Gasteiger partial charge in [0, 0.05) is 30.7 Å². The third-order valence-corrected chi connectivity index (χ3v) is 4.85. The van der Waals surface area contributed by atoms with Gasteiger partial charge in [-0.1, -0.05) is 30.3 Å². The summed E-state index contributed by atoms with van der Waals surface area (Å²) in [4.78, 5) is 48.5. The highest BCUT2D eigenvalue weighted by molar-refractivity contribution is 5.98. The van der Waals surface area contributed by atoms with Crippen molar-refractivity contribution < 1.29 is 24.4 Å². The number of carbonyl (C=O) groups is 3. The van der Waals surface area contributed by atoms with E-state index in [1.807, 2.05) is 24.3 Å². The van der Waals surface area contributed by atoms with Crippen LogP contribution >= 0.6 is 0 Å². The van der Waals surface area contributed by atoms with Crippen LogP contribution in [-0.4, -0.2) is 44.8 Å². The molecule has 0 fully saturated rings. The minimum atomic E-state index is -1.12. The van der Waals surface area contributed by atoms with Crippen LogP contribution in [0.5, 0.6) is 0 Å². The van der Waals surface area contributed by atoms with Gasteiger partial charge in [0.05, 0.1) is 4.92 Å². The van der Waals surface area contributed by atoms with Crippen molar-refractivity contribution in [1.82, 2.24) is 10.2 Å². The van der Waals surface area contributed by atoms with Crippen LogP contribution in [0.15, 0.2) is 48.5 Å². The quantitative estimate of drug-likeness (QED) is 0.584. The number of non-ortho nitro benzene ring substituents is 1. The second-order valence-electron chi connectivity index (χ2n) is 6.80. The van der Waals surface area contributed by atoms with Crippen molar-refractivity contribution in [2.24, 2.45) is 0 Å². The van der Waals surface area contributed by atoms with Crippen molar-refractivity contribution in [3.05, 3.63) is 75.3 Å². The number of amides is 2. The van der Waals surface area contributed by atoms with Gasteiger partial charge < -0.3 is 15.3 Å². The lowest BCUT2D eigenvalue weighted by Gasteiger charge is -2.36. The first-order valence-corrected chi connectivity index (χ1v) is 8.93. The zero-order chi connectivity index (χ0) is 21.1. The third kappa shape index (κ3) is 4.23. The number of carbonyl (C=O) groups excluding carboxylic acids is 2. The molecule has 9 heteroatoms. The number of benzene rings is 2. The summed E-state index contributed by atoms with van der Waals surface area (Å²) < 4.78 is 0. The molecule has 0 bridgehead atoms. The molecule has 150 valence electrons. The van der Waals surface area contributed by atoms with Crippen molar-refractivity contribution in [1.29, 1.82) is 0 Å². The summed E-state index contributed by atoms with van der Waals surface area (Å²) in [7, 11) is 0. The van der Waals surface area contributed by atoms with Gasteiger partial charge in [0.1, 0.15) is 12.1 Å². The third-order valence-electron chi connectivity index (χ3n) is 4.85. The maximum Gasteiger partial charge on any atom is 0.326 e. The monoisotopic (exact) mass is 397 g/mol. The summed E-state index contributed by atoms with van der Waals surface area (Å²) in [6.07, 6.45) is 0.183. The molecule has 29 heavy (non-hydrogen) atoms. The Morgan fingerprint density at radius 2 is 1.86 bits per heavy atom. The smallest absolute Gasteiger partial charge is 0.326 e. The zero-order valence-corrected chi connectivity index (χ0v) is 15.6. The second-order valence-corrected chi connectivity index (χ2v) is 6.80. The number of carboxylic acid groups (broad SMARTS) is 1. The van der Waals surface area contributed by atoms with Gasteiger partial charge in [-0.05, 0) is 24.1 Å². The Balaban J connectivity index is 1.76. The highest BCUT2D eigenvalue weighted by Gasteiger charge is 2.36. The van der Waals surface area contributed by atoms with E-state index in [1.165, 1.54) is 30.0 Å². The molecule has 1 heterocycles. The average molecular weight is 397 g/mol. The molecule has 0 spiro atoms. The average Bonchev–Trinajstić information content (AvgIpc) is 2.72. The summed E-state index contributed by atoms with van der Waals surface area (Å²) in [6.45, 7) is 1.58. The molecule has 2 N–H and O–H groups in total. The molecule has 0 aromatic heterocycles. The maximum absolute atomic E-state index is 12.9. The van der Waals surface area contributed by atoms with Crippen LogP contribution in [0.3, 0.4) is 0 Å². The minimum Gasteiger partial charge on any atom is -0.480 e. The topological polar surface area (TPSA) is 130 Å².